The molecule has 1 atom stereocenters. The van der Waals surface area contributed by atoms with E-state index in [0.717, 1.165) is 17.3 Å². The molecule has 0 amide bonds. The van der Waals surface area contributed by atoms with Gasteiger partial charge in [-0.15, -0.1) is 0 Å². The van der Waals surface area contributed by atoms with Gasteiger partial charge >= 0.3 is 0 Å². The Morgan fingerprint density at radius 1 is 1.40 bits per heavy atom. The number of rotatable bonds is 2. The van der Waals surface area contributed by atoms with Crippen molar-refractivity contribution in [3.05, 3.63) is 29.8 Å². The van der Waals surface area contributed by atoms with Crippen molar-refractivity contribution in [1.82, 2.24) is 0 Å². The van der Waals surface area contributed by atoms with Gasteiger partial charge in [0.25, 0.3) is 0 Å². The summed E-state index contributed by atoms with van der Waals surface area (Å²) in [6.07, 6.45) is 2.10. The molecule has 0 saturated heterocycles. The van der Waals surface area contributed by atoms with Crippen LogP contribution in [0.15, 0.2) is 29.3 Å². The molecule has 0 saturated carbocycles. The number of hydrogen-bond acceptors (Lipinski definition) is 3. The van der Waals surface area contributed by atoms with Crippen LogP contribution in [0.2, 0.25) is 0 Å². The molecule has 1 unspecified atom stereocenters. The van der Waals surface area contributed by atoms with Crippen molar-refractivity contribution in [2.45, 2.75) is 19.4 Å². The number of benzene rings is 1. The van der Waals surface area contributed by atoms with E-state index in [-0.39, 0.29) is 5.60 Å². The maximum absolute atomic E-state index is 5.87. The summed E-state index contributed by atoms with van der Waals surface area (Å²) >= 11 is 1.79. The predicted octanol–water partition coefficient (Wildman–Crippen LogP) is 3.34. The maximum atomic E-state index is 5.87. The average Bonchev–Trinajstić information content (AvgIpc) is 2.17. The van der Waals surface area contributed by atoms with Crippen molar-refractivity contribution < 1.29 is 4.74 Å². The lowest BCUT2D eigenvalue weighted by atomic mass is 9.95. The first-order valence-electron chi connectivity index (χ1n) is 4.98. The monoisotopic (exact) mass is 221 g/mol. The topological polar surface area (TPSA) is 21.6 Å². The second-order valence-electron chi connectivity index (χ2n) is 3.91. The lowest BCUT2D eigenvalue weighted by molar-refractivity contribution is 0.0945. The van der Waals surface area contributed by atoms with E-state index in [9.17, 15) is 0 Å². The van der Waals surface area contributed by atoms with E-state index in [0.29, 0.717) is 0 Å². The minimum absolute atomic E-state index is 0.234. The molecular weight excluding hydrogens is 206 g/mol. The molecule has 1 heterocycles. The van der Waals surface area contributed by atoms with Crippen molar-refractivity contribution >= 4 is 23.3 Å². The summed E-state index contributed by atoms with van der Waals surface area (Å²) in [6, 6.07) is 8.19. The fraction of sp³-hybridized carbons (Fsp3) is 0.417. The molecule has 80 valence electrons. The maximum Gasteiger partial charge on any atom is 0.186 e. The summed E-state index contributed by atoms with van der Waals surface area (Å²) in [4.78, 5) is 4.41. The van der Waals surface area contributed by atoms with Gasteiger partial charge in [0.1, 0.15) is 5.60 Å². The molecule has 0 fully saturated rings. The number of fused-ring (bicyclic) bond motifs is 1. The Balaban J connectivity index is 2.50. The van der Waals surface area contributed by atoms with E-state index in [2.05, 4.69) is 24.2 Å². The van der Waals surface area contributed by atoms with Crippen LogP contribution in [0, 0.1) is 0 Å². The zero-order valence-corrected chi connectivity index (χ0v) is 10.1. The first-order chi connectivity index (χ1) is 7.15. The van der Waals surface area contributed by atoms with Crippen molar-refractivity contribution in [2.24, 2.45) is 4.99 Å². The van der Waals surface area contributed by atoms with Gasteiger partial charge in [0.15, 0.2) is 5.90 Å². The van der Waals surface area contributed by atoms with Crippen LogP contribution >= 0.6 is 11.8 Å². The second kappa shape index (κ2) is 3.89. The van der Waals surface area contributed by atoms with Crippen LogP contribution in [0.1, 0.15) is 19.4 Å². The van der Waals surface area contributed by atoms with Crippen molar-refractivity contribution in [3.8, 4) is 0 Å². The van der Waals surface area contributed by atoms with Gasteiger partial charge < -0.3 is 4.74 Å². The summed E-state index contributed by atoms with van der Waals surface area (Å²) in [5.74, 6) is 1.70. The number of thioether (sulfide) groups is 1. The molecule has 0 radical (unpaired) electrons. The molecular formula is C12H15NOS. The molecule has 1 aliphatic heterocycles. The second-order valence-corrected chi connectivity index (χ2v) is 4.78. The number of hydrogen-bond donors (Lipinski definition) is 0. The molecule has 3 heteroatoms. The van der Waals surface area contributed by atoms with E-state index in [4.69, 9.17) is 4.74 Å². The lowest BCUT2D eigenvalue weighted by Crippen LogP contribution is -2.33. The molecule has 2 rings (SSSR count). The Morgan fingerprint density at radius 2 is 2.13 bits per heavy atom. The van der Waals surface area contributed by atoms with E-state index in [1.165, 1.54) is 5.56 Å². The normalized spacial score (nSPS) is 24.1. The number of para-hydroxylation sites is 1. The predicted molar refractivity (Wildman–Crippen MR) is 66.0 cm³/mol. The first kappa shape index (κ1) is 10.6. The van der Waals surface area contributed by atoms with Crippen molar-refractivity contribution in [2.75, 3.05) is 12.0 Å². The third-order valence-corrected chi connectivity index (χ3v) is 3.38. The highest BCUT2D eigenvalue weighted by molar-refractivity contribution is 7.98. The molecule has 15 heavy (non-hydrogen) atoms. The quantitative estimate of drug-likeness (QED) is 0.764. The van der Waals surface area contributed by atoms with E-state index < -0.39 is 0 Å². The SMILES string of the molecule is CSCC1(C)OC(C)=Nc2ccccc21. The van der Waals surface area contributed by atoms with Gasteiger partial charge in [-0.2, -0.15) is 11.8 Å². The van der Waals surface area contributed by atoms with E-state index in [1.807, 2.05) is 25.1 Å². The Labute approximate surface area is 94.7 Å². The van der Waals surface area contributed by atoms with Crippen LogP contribution in [-0.4, -0.2) is 17.9 Å². The highest BCUT2D eigenvalue weighted by atomic mass is 32.2. The van der Waals surface area contributed by atoms with Gasteiger partial charge in [-0.3, -0.25) is 0 Å². The highest BCUT2D eigenvalue weighted by Crippen LogP contribution is 2.38. The van der Waals surface area contributed by atoms with Gasteiger partial charge in [0.05, 0.1) is 5.69 Å². The Morgan fingerprint density at radius 3 is 2.87 bits per heavy atom. The molecule has 2 nitrogen and oxygen atoms in total. The number of nitrogens with zero attached hydrogens (tertiary/aromatic N) is 1. The summed E-state index contributed by atoms with van der Waals surface area (Å²) < 4.78 is 5.87. The lowest BCUT2D eigenvalue weighted by Gasteiger charge is -2.34. The first-order valence-corrected chi connectivity index (χ1v) is 6.38. The smallest absolute Gasteiger partial charge is 0.186 e. The fourth-order valence-corrected chi connectivity index (χ4v) is 2.74. The van der Waals surface area contributed by atoms with Gasteiger partial charge in [0.2, 0.25) is 0 Å². The number of ether oxygens (including phenoxy) is 1. The van der Waals surface area contributed by atoms with Gasteiger partial charge in [-0.1, -0.05) is 18.2 Å². The average molecular weight is 221 g/mol. The zero-order chi connectivity index (χ0) is 10.9. The largest absolute Gasteiger partial charge is 0.469 e. The summed E-state index contributed by atoms with van der Waals surface area (Å²) in [6.45, 7) is 4.04. The van der Waals surface area contributed by atoms with E-state index >= 15 is 0 Å². The highest BCUT2D eigenvalue weighted by Gasteiger charge is 2.33. The van der Waals surface area contributed by atoms with Crippen molar-refractivity contribution in [3.63, 3.8) is 0 Å². The van der Waals surface area contributed by atoms with E-state index in [1.54, 1.807) is 11.8 Å². The molecule has 0 spiro atoms. The van der Waals surface area contributed by atoms with Crippen LogP contribution in [-0.2, 0) is 10.3 Å². The van der Waals surface area contributed by atoms with Crippen LogP contribution < -0.4 is 0 Å². The minimum Gasteiger partial charge on any atom is -0.469 e. The molecule has 0 aliphatic carbocycles. The molecule has 0 aromatic heterocycles. The fourth-order valence-electron chi connectivity index (χ4n) is 1.97. The molecule has 1 aromatic rings. The zero-order valence-electron chi connectivity index (χ0n) is 9.28. The summed E-state index contributed by atoms with van der Waals surface area (Å²) in [5.41, 5.74) is 1.99. The van der Waals surface area contributed by atoms with Crippen LogP contribution in [0.3, 0.4) is 0 Å². The third kappa shape index (κ3) is 1.88. The Kier molecular flexibility index (Phi) is 2.74. The van der Waals surface area contributed by atoms with Gasteiger partial charge in [-0.25, -0.2) is 4.99 Å². The molecule has 0 N–H and O–H groups in total. The number of aliphatic imine (C=N–C) groups is 1. The Hall–Kier alpha value is -0.960. The van der Waals surface area contributed by atoms with Crippen LogP contribution in [0.5, 0.6) is 0 Å². The summed E-state index contributed by atoms with van der Waals surface area (Å²) in [5, 5.41) is 0. The standard InChI is InChI=1S/C12H15NOS/c1-9-13-11-7-5-4-6-10(11)12(2,14-9)8-15-3/h4-7H,8H2,1-3H3. The molecule has 1 aromatic carbocycles. The van der Waals surface area contributed by atoms with Gasteiger partial charge in [0, 0.05) is 18.2 Å². The third-order valence-electron chi connectivity index (χ3n) is 2.54. The minimum atomic E-state index is -0.234. The Bertz CT molecular complexity index is 402. The summed E-state index contributed by atoms with van der Waals surface area (Å²) in [7, 11) is 0. The van der Waals surface area contributed by atoms with Gasteiger partial charge in [-0.05, 0) is 19.2 Å². The van der Waals surface area contributed by atoms with Crippen LogP contribution in [0.4, 0.5) is 5.69 Å². The molecule has 0 bridgehead atoms. The van der Waals surface area contributed by atoms with Crippen molar-refractivity contribution in [1.29, 1.82) is 0 Å². The molecule has 1 aliphatic rings. The van der Waals surface area contributed by atoms with Crippen LogP contribution in [0.25, 0.3) is 0 Å².